The van der Waals surface area contributed by atoms with Crippen LogP contribution < -0.4 is 15.3 Å². The van der Waals surface area contributed by atoms with E-state index in [4.69, 9.17) is 0 Å². The van der Waals surface area contributed by atoms with Crippen LogP contribution in [0.3, 0.4) is 0 Å². The molecule has 12 nitrogen and oxygen atoms in total. The fourth-order valence-corrected chi connectivity index (χ4v) is 3.76. The molecule has 43 heavy (non-hydrogen) atoms. The molecule has 0 saturated carbocycles. The van der Waals surface area contributed by atoms with Gasteiger partial charge in [0.15, 0.2) is 0 Å². The Morgan fingerprint density at radius 1 is 0.465 bits per heavy atom. The average Bonchev–Trinajstić information content (AvgIpc) is 2.96. The molecule has 0 amide bonds. The molecule has 0 aliphatic rings. The van der Waals surface area contributed by atoms with Crippen molar-refractivity contribution in [2.75, 3.05) is 0 Å². The van der Waals surface area contributed by atoms with E-state index in [1.807, 2.05) is 0 Å². The first kappa shape index (κ1) is 31.9. The maximum absolute atomic E-state index is 10.5. The van der Waals surface area contributed by atoms with E-state index in [0.717, 1.165) is 0 Å². The molecule has 0 aliphatic carbocycles. The molecule has 0 spiro atoms. The predicted octanol–water partition coefficient (Wildman–Crippen LogP) is 0.531. The number of carbonyl (C=O) groups excluding carboxylic acids is 3. The van der Waals surface area contributed by atoms with Crippen LogP contribution in [0.5, 0.6) is 17.2 Å². The second kappa shape index (κ2) is 13.8. The number of carboxylic acids is 3. The van der Waals surface area contributed by atoms with E-state index in [1.165, 1.54) is 18.2 Å². The maximum Gasteiger partial charge on any atom is 3.00 e. The number of fused-ring (bicyclic) bond motifs is 3. The molecule has 210 valence electrons. The first-order valence-electron chi connectivity index (χ1n) is 12.0. The van der Waals surface area contributed by atoms with Crippen LogP contribution in [0, 0.1) is 0 Å². The summed E-state index contributed by atoms with van der Waals surface area (Å²) >= 11 is 0. The number of nitrogens with zero attached hydrogens (tertiary/aromatic N) is 3. The minimum absolute atomic E-state index is 0. The van der Waals surface area contributed by atoms with Crippen molar-refractivity contribution >= 4 is 70.4 Å². The number of rotatable bonds is 3. The van der Waals surface area contributed by atoms with Gasteiger partial charge >= 0.3 is 19.8 Å². The van der Waals surface area contributed by atoms with Crippen molar-refractivity contribution in [3.63, 3.8) is 0 Å². The Kier molecular flexibility index (Phi) is 10.2. The number of aromatic hydroxyl groups is 3. The van der Waals surface area contributed by atoms with Gasteiger partial charge in [0.05, 0.1) is 34.5 Å². The summed E-state index contributed by atoms with van der Waals surface area (Å²) < 4.78 is 0. The van der Waals surface area contributed by atoms with Crippen LogP contribution >= 0.6 is 0 Å². The Bertz CT molecular complexity index is 1760. The molecule has 0 radical (unpaired) electrons. The molecule has 3 aromatic carbocycles. The monoisotopic (exact) mass is 633 g/mol. The summed E-state index contributed by atoms with van der Waals surface area (Å²) in [4.78, 5) is 42.9. The molecule has 6 aromatic rings. The summed E-state index contributed by atoms with van der Waals surface area (Å²) in [6, 6.07) is 24.8. The zero-order valence-electron chi connectivity index (χ0n) is 21.9. The topological polar surface area (TPSA) is 220 Å². The van der Waals surface area contributed by atoms with E-state index >= 15 is 0 Å². The average molecular weight is 634 g/mol. The van der Waals surface area contributed by atoms with Crippen molar-refractivity contribution < 1.29 is 45.0 Å². The van der Waals surface area contributed by atoms with Crippen molar-refractivity contribution in [3.8, 4) is 17.2 Å². The first-order valence-corrected chi connectivity index (χ1v) is 12.0. The smallest absolute Gasteiger partial charge is 0.543 e. The largest absolute Gasteiger partial charge is 3.00 e. The number of carboxylic acid groups (broad SMARTS) is 3. The minimum Gasteiger partial charge on any atom is -0.543 e. The van der Waals surface area contributed by atoms with Crippen LogP contribution in [0.4, 0.5) is 0 Å². The summed E-state index contributed by atoms with van der Waals surface area (Å²) in [6.45, 7) is 0. The maximum atomic E-state index is 10.5. The van der Waals surface area contributed by atoms with E-state index < -0.39 is 35.0 Å². The number of hydrogen-bond donors (Lipinski definition) is 3. The summed E-state index contributed by atoms with van der Waals surface area (Å²) in [5.41, 5.74) is 0.273. The fourth-order valence-electron chi connectivity index (χ4n) is 3.76. The molecule has 0 fully saturated rings. The van der Waals surface area contributed by atoms with E-state index in [0.29, 0.717) is 32.7 Å². The van der Waals surface area contributed by atoms with Crippen molar-refractivity contribution in [1.29, 1.82) is 0 Å². The van der Waals surface area contributed by atoms with Crippen LogP contribution in [0.1, 0.15) is 31.5 Å². The third-order valence-corrected chi connectivity index (χ3v) is 5.69. The predicted molar refractivity (Wildman–Crippen MR) is 149 cm³/mol. The van der Waals surface area contributed by atoms with Gasteiger partial charge in [-0.1, -0.05) is 54.6 Å². The van der Waals surface area contributed by atoms with Gasteiger partial charge in [-0.25, -0.2) is 15.0 Å². The Balaban J connectivity index is 0.000000175. The van der Waals surface area contributed by atoms with Gasteiger partial charge in [-0.2, -0.15) is 0 Å². The normalized spacial score (nSPS) is 10.0. The number of aromatic nitrogens is 3. The first-order chi connectivity index (χ1) is 20.0. The molecule has 3 aromatic heterocycles. The molecule has 0 aliphatic heterocycles. The molecule has 0 unspecified atom stereocenters. The third kappa shape index (κ3) is 7.55. The molecule has 6 rings (SSSR count). The number of aromatic carboxylic acids is 3. The van der Waals surface area contributed by atoms with Crippen molar-refractivity contribution in [2.24, 2.45) is 0 Å². The quantitative estimate of drug-likeness (QED) is 0.227. The van der Waals surface area contributed by atoms with Crippen molar-refractivity contribution in [3.05, 3.63) is 108 Å². The minimum atomic E-state index is -1.48. The second-order valence-electron chi connectivity index (χ2n) is 8.51. The van der Waals surface area contributed by atoms with Crippen LogP contribution in [0.15, 0.2) is 91.0 Å². The van der Waals surface area contributed by atoms with Gasteiger partial charge in [-0.05, 0) is 36.4 Å². The zero-order valence-corrected chi connectivity index (χ0v) is 24.3. The number of benzene rings is 3. The number of hydrogen-bond acceptors (Lipinski definition) is 12. The Morgan fingerprint density at radius 3 is 0.930 bits per heavy atom. The van der Waals surface area contributed by atoms with Gasteiger partial charge in [-0.3, -0.25) is 0 Å². The number of pyridine rings is 3. The molecule has 0 atom stereocenters. The van der Waals surface area contributed by atoms with Crippen molar-refractivity contribution in [1.82, 2.24) is 15.0 Å². The Hall–Kier alpha value is -5.66. The molecular formula is C30H18GaN3O9. The SMILES string of the molecule is O=C([O-])c1nc2ccccc2cc1O.O=C([O-])c1nc2ccccc2cc1O.O=C([O-])c1nc2ccccc2cc1O.[Ga+3]. The number of carbonyl (C=O) groups is 3. The van der Waals surface area contributed by atoms with E-state index in [1.54, 1.807) is 72.8 Å². The Morgan fingerprint density at radius 2 is 0.698 bits per heavy atom. The molecule has 0 bridgehead atoms. The summed E-state index contributed by atoms with van der Waals surface area (Å²) in [7, 11) is 0. The second-order valence-corrected chi connectivity index (χ2v) is 8.51. The third-order valence-electron chi connectivity index (χ3n) is 5.69. The van der Waals surface area contributed by atoms with Gasteiger partial charge in [-0.15, -0.1) is 0 Å². The van der Waals surface area contributed by atoms with E-state index in [-0.39, 0.29) is 37.0 Å². The van der Waals surface area contributed by atoms with E-state index in [2.05, 4.69) is 15.0 Å². The fraction of sp³-hybridized carbons (Fsp3) is 0. The zero-order chi connectivity index (χ0) is 30.4. The molecule has 3 heterocycles. The Labute approximate surface area is 255 Å². The summed E-state index contributed by atoms with van der Waals surface area (Å²) in [5, 5.41) is 61.6. The number of para-hydroxylation sites is 3. The van der Waals surface area contributed by atoms with Gasteiger partial charge in [0.25, 0.3) is 0 Å². The van der Waals surface area contributed by atoms with Crippen LogP contribution in [0.2, 0.25) is 0 Å². The van der Waals surface area contributed by atoms with Gasteiger partial charge < -0.3 is 45.0 Å². The van der Waals surface area contributed by atoms with Crippen LogP contribution in [-0.2, 0) is 0 Å². The molecule has 3 N–H and O–H groups in total. The standard InChI is InChI=1S/3C10H7NO3.Ga/c3*12-8-5-6-3-1-2-4-7(6)11-9(8)10(13)14;/h3*1-5,12H,(H,13,14);/q;;;+3/p-3. The van der Waals surface area contributed by atoms with Crippen LogP contribution in [-0.4, -0.2) is 68.0 Å². The summed E-state index contributed by atoms with van der Waals surface area (Å²) in [6.07, 6.45) is 0. The molecular weight excluding hydrogens is 616 g/mol. The van der Waals surface area contributed by atoms with Gasteiger partial charge in [0.1, 0.15) is 34.3 Å². The van der Waals surface area contributed by atoms with Gasteiger partial charge in [0, 0.05) is 16.2 Å². The van der Waals surface area contributed by atoms with Crippen LogP contribution in [0.25, 0.3) is 32.7 Å². The van der Waals surface area contributed by atoms with E-state index in [9.17, 15) is 45.0 Å². The molecule has 13 heteroatoms. The summed E-state index contributed by atoms with van der Waals surface area (Å²) in [5.74, 6) is -5.55. The molecule has 0 saturated heterocycles. The van der Waals surface area contributed by atoms with Gasteiger partial charge in [0.2, 0.25) is 0 Å². The van der Waals surface area contributed by atoms with Crippen molar-refractivity contribution in [2.45, 2.75) is 0 Å².